The van der Waals surface area contributed by atoms with E-state index in [1.807, 2.05) is 0 Å². The van der Waals surface area contributed by atoms with E-state index in [0.29, 0.717) is 22.8 Å². The highest BCUT2D eigenvalue weighted by Crippen LogP contribution is 2.35. The van der Waals surface area contributed by atoms with Crippen molar-refractivity contribution in [2.24, 2.45) is 0 Å². The SMILES string of the molecule is COC(=O)COc1ccc(OCC[N+]2([O-])CCOC(c3csc(C(F)(F)F)n3)C2)cc1. The maximum Gasteiger partial charge on any atom is 0.443 e. The minimum absolute atomic E-state index is 0.0370. The molecule has 1 aliphatic rings. The third-order valence-corrected chi connectivity index (χ3v) is 5.49. The molecule has 2 atom stereocenters. The smallest absolute Gasteiger partial charge is 0.443 e. The number of benzene rings is 1. The van der Waals surface area contributed by atoms with Gasteiger partial charge in [-0.3, -0.25) is 0 Å². The molecule has 1 aliphatic heterocycles. The molecule has 1 aromatic heterocycles. The Labute approximate surface area is 180 Å². The van der Waals surface area contributed by atoms with Crippen LogP contribution in [0.25, 0.3) is 0 Å². The summed E-state index contributed by atoms with van der Waals surface area (Å²) >= 11 is 0.487. The van der Waals surface area contributed by atoms with E-state index in [2.05, 4.69) is 9.72 Å². The number of thiazole rings is 1. The molecule has 3 rings (SSSR count). The van der Waals surface area contributed by atoms with Crippen LogP contribution >= 0.6 is 11.3 Å². The molecule has 0 N–H and O–H groups in total. The first-order chi connectivity index (χ1) is 14.7. The number of methoxy groups -OCH3 is 1. The van der Waals surface area contributed by atoms with Crippen LogP contribution in [0.1, 0.15) is 16.8 Å². The number of rotatable bonds is 8. The molecule has 170 valence electrons. The third-order valence-electron chi connectivity index (χ3n) is 4.59. The highest BCUT2D eigenvalue weighted by molar-refractivity contribution is 7.09. The van der Waals surface area contributed by atoms with E-state index < -0.39 is 27.9 Å². The van der Waals surface area contributed by atoms with Gasteiger partial charge in [-0.05, 0) is 24.3 Å². The van der Waals surface area contributed by atoms with E-state index in [1.54, 1.807) is 24.3 Å². The number of hydrogen-bond acceptors (Lipinski definition) is 8. The fourth-order valence-electron chi connectivity index (χ4n) is 2.92. The Kier molecular flexibility index (Phi) is 7.36. The van der Waals surface area contributed by atoms with Crippen LogP contribution in [0.5, 0.6) is 11.5 Å². The van der Waals surface area contributed by atoms with Gasteiger partial charge in [0.25, 0.3) is 0 Å². The van der Waals surface area contributed by atoms with Gasteiger partial charge in [-0.2, -0.15) is 13.2 Å². The maximum atomic E-state index is 13.0. The summed E-state index contributed by atoms with van der Waals surface area (Å²) in [6.45, 7) is 0.278. The molecule has 12 heteroatoms. The Hall–Kier alpha value is -2.41. The molecule has 0 bridgehead atoms. The Morgan fingerprint density at radius 3 is 2.58 bits per heavy atom. The lowest BCUT2D eigenvalue weighted by molar-refractivity contribution is -0.893. The Morgan fingerprint density at radius 1 is 1.29 bits per heavy atom. The molecule has 0 aliphatic carbocycles. The van der Waals surface area contributed by atoms with Gasteiger partial charge in [-0.1, -0.05) is 0 Å². The highest BCUT2D eigenvalue weighted by atomic mass is 32.1. The van der Waals surface area contributed by atoms with Crippen LogP contribution in [-0.4, -0.2) is 62.2 Å². The first kappa shape index (κ1) is 23.3. The number of nitrogens with zero attached hydrogens (tertiary/aromatic N) is 2. The van der Waals surface area contributed by atoms with E-state index >= 15 is 0 Å². The molecule has 2 aromatic rings. The van der Waals surface area contributed by atoms with Crippen molar-refractivity contribution in [3.8, 4) is 11.5 Å². The molecule has 0 amide bonds. The zero-order chi connectivity index (χ0) is 22.5. The van der Waals surface area contributed by atoms with Gasteiger partial charge in [0.05, 0.1) is 19.4 Å². The van der Waals surface area contributed by atoms with Crippen LogP contribution in [0.15, 0.2) is 29.6 Å². The van der Waals surface area contributed by atoms with Gasteiger partial charge in [-0.15, -0.1) is 11.3 Å². The number of quaternary nitrogens is 1. The number of aromatic nitrogens is 1. The molecule has 1 saturated heterocycles. The number of hydroxylamine groups is 3. The van der Waals surface area contributed by atoms with Gasteiger partial charge in [0.2, 0.25) is 0 Å². The average Bonchev–Trinajstić information content (AvgIpc) is 3.24. The third kappa shape index (κ3) is 6.53. The van der Waals surface area contributed by atoms with Crippen LogP contribution in [0.3, 0.4) is 0 Å². The molecule has 31 heavy (non-hydrogen) atoms. The zero-order valence-corrected chi connectivity index (χ0v) is 17.4. The Morgan fingerprint density at radius 2 is 1.97 bits per heavy atom. The minimum atomic E-state index is -4.52. The van der Waals surface area contributed by atoms with Crippen molar-refractivity contribution in [1.29, 1.82) is 0 Å². The van der Waals surface area contributed by atoms with Crippen molar-refractivity contribution < 1.29 is 41.6 Å². The van der Waals surface area contributed by atoms with Gasteiger partial charge < -0.3 is 28.8 Å². The predicted octanol–water partition coefficient (Wildman–Crippen LogP) is 3.18. The summed E-state index contributed by atoms with van der Waals surface area (Å²) in [6, 6.07) is 6.51. The molecular weight excluding hydrogens is 441 g/mol. The maximum absolute atomic E-state index is 13.0. The molecule has 2 heterocycles. The zero-order valence-electron chi connectivity index (χ0n) is 16.6. The molecule has 1 aromatic carbocycles. The summed E-state index contributed by atoms with van der Waals surface area (Å²) in [5, 5.41) is 13.3. The molecule has 0 radical (unpaired) electrons. The second-order valence-electron chi connectivity index (χ2n) is 6.81. The van der Waals surface area contributed by atoms with Crippen molar-refractivity contribution in [3.05, 3.63) is 45.6 Å². The normalized spacial score (nSPS) is 21.5. The van der Waals surface area contributed by atoms with Gasteiger partial charge in [0.1, 0.15) is 43.8 Å². The van der Waals surface area contributed by atoms with Crippen LogP contribution < -0.4 is 9.47 Å². The van der Waals surface area contributed by atoms with Crippen molar-refractivity contribution in [2.45, 2.75) is 12.3 Å². The van der Waals surface area contributed by atoms with E-state index in [0.717, 1.165) is 0 Å². The van der Waals surface area contributed by atoms with Gasteiger partial charge in [0.15, 0.2) is 11.6 Å². The van der Waals surface area contributed by atoms with Crippen molar-refractivity contribution in [3.63, 3.8) is 0 Å². The molecule has 0 saturated carbocycles. The lowest BCUT2D eigenvalue weighted by Gasteiger charge is -2.47. The molecule has 2 unspecified atom stereocenters. The summed E-state index contributed by atoms with van der Waals surface area (Å²) in [7, 11) is 1.27. The van der Waals surface area contributed by atoms with Crippen LogP contribution in [0.4, 0.5) is 13.2 Å². The highest BCUT2D eigenvalue weighted by Gasteiger charge is 2.37. The fourth-order valence-corrected chi connectivity index (χ4v) is 3.65. The number of halogens is 3. The second kappa shape index (κ2) is 9.81. The summed E-state index contributed by atoms with van der Waals surface area (Å²) in [5.41, 5.74) is 0.124. The summed E-state index contributed by atoms with van der Waals surface area (Å²) < 4.78 is 58.4. The van der Waals surface area contributed by atoms with Gasteiger partial charge in [-0.25, -0.2) is 9.78 Å². The molecule has 1 fully saturated rings. The van der Waals surface area contributed by atoms with E-state index in [9.17, 15) is 23.2 Å². The van der Waals surface area contributed by atoms with Crippen molar-refractivity contribution >= 4 is 17.3 Å². The molecule has 8 nitrogen and oxygen atoms in total. The first-order valence-corrected chi connectivity index (χ1v) is 10.2. The second-order valence-corrected chi connectivity index (χ2v) is 7.67. The van der Waals surface area contributed by atoms with E-state index in [1.165, 1.54) is 12.5 Å². The monoisotopic (exact) mass is 462 g/mol. The Bertz CT molecular complexity index is 876. The quantitative estimate of drug-likeness (QED) is 0.338. The van der Waals surface area contributed by atoms with Crippen molar-refractivity contribution in [1.82, 2.24) is 4.98 Å². The van der Waals surface area contributed by atoms with Crippen LogP contribution in [0.2, 0.25) is 0 Å². The molecular formula is C19H21F3N2O6S. The lowest BCUT2D eigenvalue weighted by Crippen LogP contribution is -2.53. The summed E-state index contributed by atoms with van der Waals surface area (Å²) in [6.07, 6.45) is -5.31. The summed E-state index contributed by atoms with van der Waals surface area (Å²) in [4.78, 5) is 14.7. The topological polar surface area (TPSA) is 89.9 Å². The number of hydrogen-bond donors (Lipinski definition) is 0. The largest absolute Gasteiger partial charge is 0.633 e. The first-order valence-electron chi connectivity index (χ1n) is 9.32. The standard InChI is InChI=1S/C19H21F3N2O6S/c1-27-17(25)11-30-14-4-2-13(3-5-14)28-8-6-24(26)7-9-29-16(10-24)15-12-31-18(23-15)19(20,21)22/h2-5,12,16H,6-11H2,1H3. The Balaban J connectivity index is 1.49. The number of carbonyl (C=O) groups is 1. The number of carbonyl (C=O) groups excluding carboxylic acids is 1. The number of morpholine rings is 1. The molecule has 0 spiro atoms. The number of ether oxygens (including phenoxy) is 4. The van der Waals surface area contributed by atoms with Crippen LogP contribution in [-0.2, 0) is 20.4 Å². The number of alkyl halides is 3. The summed E-state index contributed by atoms with van der Waals surface area (Å²) in [5.74, 6) is 0.472. The van der Waals surface area contributed by atoms with Gasteiger partial charge >= 0.3 is 12.1 Å². The van der Waals surface area contributed by atoms with E-state index in [-0.39, 0.29) is 45.1 Å². The van der Waals surface area contributed by atoms with Gasteiger partial charge in [0, 0.05) is 5.38 Å². The number of esters is 1. The average molecular weight is 462 g/mol. The minimum Gasteiger partial charge on any atom is -0.633 e. The van der Waals surface area contributed by atoms with Crippen molar-refractivity contribution in [2.75, 3.05) is 46.6 Å². The lowest BCUT2D eigenvalue weighted by atomic mass is 10.2. The van der Waals surface area contributed by atoms with Crippen LogP contribution in [0, 0.1) is 5.21 Å². The van der Waals surface area contributed by atoms with E-state index in [4.69, 9.17) is 14.2 Å². The fraction of sp³-hybridized carbons (Fsp3) is 0.474. The predicted molar refractivity (Wildman–Crippen MR) is 103 cm³/mol.